The smallest absolute Gasteiger partial charge is 0.255 e. The SMILES string of the molecule is Cc1ccc(I)cc1C(=O)Nc1ccccc1. The summed E-state index contributed by atoms with van der Waals surface area (Å²) in [6, 6.07) is 15.3. The van der Waals surface area contributed by atoms with Gasteiger partial charge in [-0.25, -0.2) is 0 Å². The van der Waals surface area contributed by atoms with E-state index in [4.69, 9.17) is 0 Å². The molecule has 1 amide bonds. The van der Waals surface area contributed by atoms with Crippen molar-refractivity contribution in [3.8, 4) is 0 Å². The van der Waals surface area contributed by atoms with Crippen LogP contribution in [0.3, 0.4) is 0 Å². The minimum atomic E-state index is -0.0628. The maximum absolute atomic E-state index is 12.1. The summed E-state index contributed by atoms with van der Waals surface area (Å²) in [7, 11) is 0. The van der Waals surface area contributed by atoms with Gasteiger partial charge in [-0.15, -0.1) is 0 Å². The van der Waals surface area contributed by atoms with E-state index in [0.717, 1.165) is 20.4 Å². The molecule has 1 N–H and O–H groups in total. The van der Waals surface area contributed by atoms with E-state index >= 15 is 0 Å². The summed E-state index contributed by atoms with van der Waals surface area (Å²) >= 11 is 2.21. The zero-order valence-electron chi connectivity index (χ0n) is 9.41. The van der Waals surface area contributed by atoms with Gasteiger partial charge in [0.05, 0.1) is 0 Å². The Morgan fingerprint density at radius 1 is 1.12 bits per heavy atom. The van der Waals surface area contributed by atoms with Crippen molar-refractivity contribution in [2.45, 2.75) is 6.92 Å². The van der Waals surface area contributed by atoms with Gasteiger partial charge in [-0.05, 0) is 59.3 Å². The Kier molecular flexibility index (Phi) is 3.78. The molecule has 86 valence electrons. The van der Waals surface area contributed by atoms with Gasteiger partial charge in [-0.1, -0.05) is 24.3 Å². The van der Waals surface area contributed by atoms with E-state index in [1.165, 1.54) is 0 Å². The summed E-state index contributed by atoms with van der Waals surface area (Å²) in [5.41, 5.74) is 2.52. The molecule has 0 spiro atoms. The first-order valence-electron chi connectivity index (χ1n) is 5.29. The van der Waals surface area contributed by atoms with Crippen LogP contribution < -0.4 is 5.32 Å². The van der Waals surface area contributed by atoms with Crippen LogP contribution in [0.2, 0.25) is 0 Å². The molecule has 0 saturated heterocycles. The van der Waals surface area contributed by atoms with Gasteiger partial charge >= 0.3 is 0 Å². The molecule has 0 aliphatic heterocycles. The lowest BCUT2D eigenvalue weighted by molar-refractivity contribution is 0.102. The highest BCUT2D eigenvalue weighted by molar-refractivity contribution is 14.1. The molecule has 2 aromatic rings. The zero-order valence-corrected chi connectivity index (χ0v) is 11.6. The molecule has 0 aliphatic carbocycles. The third kappa shape index (κ3) is 3.06. The summed E-state index contributed by atoms with van der Waals surface area (Å²) in [6.07, 6.45) is 0. The largest absolute Gasteiger partial charge is 0.322 e. The Labute approximate surface area is 114 Å². The van der Waals surface area contributed by atoms with Gasteiger partial charge in [-0.2, -0.15) is 0 Å². The van der Waals surface area contributed by atoms with E-state index in [1.807, 2.05) is 55.5 Å². The second-order valence-corrected chi connectivity index (χ2v) is 5.03. The van der Waals surface area contributed by atoms with Gasteiger partial charge < -0.3 is 5.32 Å². The second-order valence-electron chi connectivity index (χ2n) is 3.78. The van der Waals surface area contributed by atoms with Crippen LogP contribution in [-0.2, 0) is 0 Å². The van der Waals surface area contributed by atoms with Gasteiger partial charge in [0.2, 0.25) is 0 Å². The van der Waals surface area contributed by atoms with Crippen molar-refractivity contribution in [1.82, 2.24) is 0 Å². The van der Waals surface area contributed by atoms with Crippen molar-refractivity contribution in [3.63, 3.8) is 0 Å². The maximum atomic E-state index is 12.1. The maximum Gasteiger partial charge on any atom is 0.255 e. The third-order valence-electron chi connectivity index (χ3n) is 2.48. The molecule has 0 aliphatic rings. The van der Waals surface area contributed by atoms with Gasteiger partial charge in [-0.3, -0.25) is 4.79 Å². The number of amides is 1. The van der Waals surface area contributed by atoms with Crippen LogP contribution in [0, 0.1) is 10.5 Å². The molecule has 0 unspecified atom stereocenters. The lowest BCUT2D eigenvalue weighted by Gasteiger charge is -2.07. The number of benzene rings is 2. The van der Waals surface area contributed by atoms with Gasteiger partial charge in [0, 0.05) is 14.8 Å². The molecule has 2 nitrogen and oxygen atoms in total. The number of carbonyl (C=O) groups is 1. The number of anilines is 1. The van der Waals surface area contributed by atoms with E-state index in [2.05, 4.69) is 27.9 Å². The van der Waals surface area contributed by atoms with Crippen molar-refractivity contribution in [3.05, 3.63) is 63.2 Å². The van der Waals surface area contributed by atoms with Crippen molar-refractivity contribution in [2.24, 2.45) is 0 Å². The fourth-order valence-electron chi connectivity index (χ4n) is 1.56. The predicted molar refractivity (Wildman–Crippen MR) is 78.3 cm³/mol. The molecule has 0 aromatic heterocycles. The van der Waals surface area contributed by atoms with E-state index < -0.39 is 0 Å². The van der Waals surface area contributed by atoms with E-state index in [9.17, 15) is 4.79 Å². The van der Waals surface area contributed by atoms with Crippen molar-refractivity contribution in [1.29, 1.82) is 0 Å². The van der Waals surface area contributed by atoms with Crippen LogP contribution in [0.4, 0.5) is 5.69 Å². The number of hydrogen-bond donors (Lipinski definition) is 1. The van der Waals surface area contributed by atoms with Crippen LogP contribution in [0.25, 0.3) is 0 Å². The van der Waals surface area contributed by atoms with Crippen LogP contribution in [0.5, 0.6) is 0 Å². The summed E-state index contributed by atoms with van der Waals surface area (Å²) < 4.78 is 1.06. The van der Waals surface area contributed by atoms with E-state index in [0.29, 0.717) is 0 Å². The van der Waals surface area contributed by atoms with Crippen LogP contribution in [0.1, 0.15) is 15.9 Å². The summed E-state index contributed by atoms with van der Waals surface area (Å²) in [5, 5.41) is 2.88. The zero-order chi connectivity index (χ0) is 12.3. The first-order valence-corrected chi connectivity index (χ1v) is 6.37. The minimum absolute atomic E-state index is 0.0628. The van der Waals surface area contributed by atoms with Crippen molar-refractivity contribution in [2.75, 3.05) is 5.32 Å². The Bertz CT molecular complexity index is 537. The first kappa shape index (κ1) is 12.1. The number of halogens is 1. The highest BCUT2D eigenvalue weighted by Gasteiger charge is 2.09. The monoisotopic (exact) mass is 337 g/mol. The highest BCUT2D eigenvalue weighted by atomic mass is 127. The van der Waals surface area contributed by atoms with Crippen molar-refractivity contribution >= 4 is 34.2 Å². The number of hydrogen-bond acceptors (Lipinski definition) is 1. The average Bonchev–Trinajstić information content (AvgIpc) is 2.33. The number of aryl methyl sites for hydroxylation is 1. The van der Waals surface area contributed by atoms with Crippen LogP contribution in [0.15, 0.2) is 48.5 Å². The lowest BCUT2D eigenvalue weighted by Crippen LogP contribution is -2.13. The summed E-state index contributed by atoms with van der Waals surface area (Å²) in [6.45, 7) is 1.94. The summed E-state index contributed by atoms with van der Waals surface area (Å²) in [5.74, 6) is -0.0628. The first-order chi connectivity index (χ1) is 8.16. The predicted octanol–water partition coefficient (Wildman–Crippen LogP) is 3.85. The Balaban J connectivity index is 2.23. The van der Waals surface area contributed by atoms with Gasteiger partial charge in [0.25, 0.3) is 5.91 Å². The molecule has 17 heavy (non-hydrogen) atoms. The molecule has 3 heteroatoms. The standard InChI is InChI=1S/C14H12INO/c1-10-7-8-11(15)9-13(10)14(17)16-12-5-3-2-4-6-12/h2-9H,1H3,(H,16,17). The molecule has 0 heterocycles. The molecule has 0 saturated carbocycles. The van der Waals surface area contributed by atoms with Crippen LogP contribution >= 0.6 is 22.6 Å². The number of rotatable bonds is 2. The molecular formula is C14H12INO. The average molecular weight is 337 g/mol. The molecule has 0 atom stereocenters. The normalized spacial score (nSPS) is 10.0. The van der Waals surface area contributed by atoms with Gasteiger partial charge in [0.15, 0.2) is 0 Å². The fraction of sp³-hybridized carbons (Fsp3) is 0.0714. The Hall–Kier alpha value is -1.36. The third-order valence-corrected chi connectivity index (χ3v) is 3.15. The lowest BCUT2D eigenvalue weighted by atomic mass is 10.1. The number of para-hydroxylation sites is 1. The van der Waals surface area contributed by atoms with Gasteiger partial charge in [0.1, 0.15) is 0 Å². The van der Waals surface area contributed by atoms with E-state index in [-0.39, 0.29) is 5.91 Å². The number of nitrogens with one attached hydrogen (secondary N) is 1. The molecular weight excluding hydrogens is 325 g/mol. The molecule has 2 aromatic carbocycles. The Morgan fingerprint density at radius 3 is 2.53 bits per heavy atom. The molecule has 0 fully saturated rings. The number of carbonyl (C=O) groups excluding carboxylic acids is 1. The minimum Gasteiger partial charge on any atom is -0.322 e. The topological polar surface area (TPSA) is 29.1 Å². The second kappa shape index (κ2) is 5.31. The summed E-state index contributed by atoms with van der Waals surface area (Å²) in [4.78, 5) is 12.1. The molecule has 0 bridgehead atoms. The highest BCUT2D eigenvalue weighted by Crippen LogP contribution is 2.15. The van der Waals surface area contributed by atoms with Crippen molar-refractivity contribution < 1.29 is 4.79 Å². The van der Waals surface area contributed by atoms with Crippen LogP contribution in [-0.4, -0.2) is 5.91 Å². The molecule has 2 rings (SSSR count). The molecule has 0 radical (unpaired) electrons. The fourth-order valence-corrected chi connectivity index (χ4v) is 2.05. The quantitative estimate of drug-likeness (QED) is 0.829. The Morgan fingerprint density at radius 2 is 1.82 bits per heavy atom. The van der Waals surface area contributed by atoms with E-state index in [1.54, 1.807) is 0 Å².